The van der Waals surface area contributed by atoms with Crippen molar-refractivity contribution < 1.29 is 20.1 Å². The molecule has 11 nitrogen and oxygen atoms in total. The summed E-state index contributed by atoms with van der Waals surface area (Å²) in [5.41, 5.74) is 6.05. The lowest BCUT2D eigenvalue weighted by molar-refractivity contribution is -0.0549. The molecule has 0 radical (unpaired) electrons. The van der Waals surface area contributed by atoms with E-state index in [2.05, 4.69) is 15.3 Å². The predicted octanol–water partition coefficient (Wildman–Crippen LogP) is -1.86. The summed E-state index contributed by atoms with van der Waals surface area (Å²) in [5, 5.41) is 37.1. The molecule has 5 N–H and O–H groups in total. The van der Waals surface area contributed by atoms with Gasteiger partial charge in [0.2, 0.25) is 0 Å². The first kappa shape index (κ1) is 17.5. The van der Waals surface area contributed by atoms with Crippen molar-refractivity contribution in [2.75, 3.05) is 12.3 Å². The average Bonchev–Trinajstić information content (AvgIpc) is 3.15. The third kappa shape index (κ3) is 3.02. The zero-order chi connectivity index (χ0) is 18.3. The lowest BCUT2D eigenvalue weighted by Crippen LogP contribution is -2.36. The van der Waals surface area contributed by atoms with Gasteiger partial charge in [-0.05, 0) is 5.92 Å². The number of hydrogen-bond acceptors (Lipinski definition) is 9. The summed E-state index contributed by atoms with van der Waals surface area (Å²) in [6.07, 6.45) is -1.98. The van der Waals surface area contributed by atoms with Gasteiger partial charge in [0.25, 0.3) is 0 Å². The van der Waals surface area contributed by atoms with Gasteiger partial charge in [-0.25, -0.2) is 9.48 Å². The molecule has 0 saturated carbocycles. The maximum atomic E-state index is 12.2. The van der Waals surface area contributed by atoms with Crippen molar-refractivity contribution in [3.63, 3.8) is 0 Å². The topological polar surface area (TPSA) is 162 Å². The molecule has 11 heteroatoms. The molecule has 1 aliphatic heterocycles. The molecule has 3 heterocycles. The highest BCUT2D eigenvalue weighted by molar-refractivity contribution is 5.49. The van der Waals surface area contributed by atoms with Gasteiger partial charge >= 0.3 is 5.69 Å². The lowest BCUT2D eigenvalue weighted by atomic mass is 10.1. The van der Waals surface area contributed by atoms with Gasteiger partial charge in [-0.15, -0.1) is 5.10 Å². The third-order valence-electron chi connectivity index (χ3n) is 4.10. The molecule has 4 atom stereocenters. The SMILES string of the molecule is CC(C)c1cn(-c2cn([C@@H]3O[C@H](CO)C(O)C3O)c(=O)nc2N)nn1. The van der Waals surface area contributed by atoms with Crippen molar-refractivity contribution in [1.82, 2.24) is 24.5 Å². The zero-order valence-electron chi connectivity index (χ0n) is 13.7. The second-order valence-electron chi connectivity index (χ2n) is 6.17. The number of aromatic nitrogens is 5. The van der Waals surface area contributed by atoms with E-state index < -0.39 is 36.8 Å². The molecule has 0 spiro atoms. The highest BCUT2D eigenvalue weighted by Crippen LogP contribution is 2.29. The first-order chi connectivity index (χ1) is 11.8. The van der Waals surface area contributed by atoms with Gasteiger partial charge in [-0.2, -0.15) is 4.98 Å². The molecule has 1 aliphatic rings. The summed E-state index contributed by atoms with van der Waals surface area (Å²) in [4.78, 5) is 15.9. The van der Waals surface area contributed by atoms with Crippen LogP contribution in [-0.2, 0) is 4.74 Å². The molecule has 2 aromatic heterocycles. The molecule has 0 aromatic carbocycles. The summed E-state index contributed by atoms with van der Waals surface area (Å²) in [7, 11) is 0. The number of aliphatic hydroxyl groups excluding tert-OH is 3. The molecule has 0 bridgehead atoms. The Kier molecular flexibility index (Phi) is 4.56. The monoisotopic (exact) mass is 352 g/mol. The molecule has 0 amide bonds. The fourth-order valence-corrected chi connectivity index (χ4v) is 2.60. The van der Waals surface area contributed by atoms with Gasteiger partial charge in [-0.3, -0.25) is 4.57 Å². The summed E-state index contributed by atoms with van der Waals surface area (Å²) in [5.74, 6) is 0.0856. The first-order valence-electron chi connectivity index (χ1n) is 7.77. The van der Waals surface area contributed by atoms with Crippen molar-refractivity contribution in [3.8, 4) is 5.69 Å². The summed E-state index contributed by atoms with van der Waals surface area (Å²) < 4.78 is 7.74. The van der Waals surface area contributed by atoms with Gasteiger partial charge in [-0.1, -0.05) is 19.1 Å². The Morgan fingerprint density at radius 1 is 1.32 bits per heavy atom. The normalized spacial score (nSPS) is 26.5. The fraction of sp³-hybridized carbons (Fsp3) is 0.571. The van der Waals surface area contributed by atoms with Crippen molar-refractivity contribution in [2.24, 2.45) is 0 Å². The number of rotatable bonds is 4. The minimum absolute atomic E-state index is 0.0619. The number of nitrogen functional groups attached to an aromatic ring is 1. The Bertz CT molecular complexity index is 818. The van der Waals surface area contributed by atoms with Gasteiger partial charge < -0.3 is 25.8 Å². The maximum Gasteiger partial charge on any atom is 0.351 e. The summed E-state index contributed by atoms with van der Waals surface area (Å²) in [6, 6.07) is 0. The molecule has 3 rings (SSSR count). The van der Waals surface area contributed by atoms with Gasteiger partial charge in [0.1, 0.15) is 24.0 Å². The number of anilines is 1. The predicted molar refractivity (Wildman–Crippen MR) is 84.9 cm³/mol. The van der Waals surface area contributed by atoms with Crippen LogP contribution < -0.4 is 11.4 Å². The van der Waals surface area contributed by atoms with Gasteiger partial charge in [0.05, 0.1) is 18.5 Å². The third-order valence-corrected chi connectivity index (χ3v) is 4.10. The number of ether oxygens (including phenoxy) is 1. The van der Waals surface area contributed by atoms with Crippen LogP contribution in [0.15, 0.2) is 17.2 Å². The molecule has 25 heavy (non-hydrogen) atoms. The lowest BCUT2D eigenvalue weighted by Gasteiger charge is -2.18. The molecule has 0 aliphatic carbocycles. The van der Waals surface area contributed by atoms with E-state index in [4.69, 9.17) is 10.5 Å². The van der Waals surface area contributed by atoms with Crippen molar-refractivity contribution >= 4 is 5.82 Å². The minimum atomic E-state index is -1.41. The quantitative estimate of drug-likeness (QED) is 0.494. The Hall–Kier alpha value is -2.34. The maximum absolute atomic E-state index is 12.2. The summed E-state index contributed by atoms with van der Waals surface area (Å²) >= 11 is 0. The highest BCUT2D eigenvalue weighted by Gasteiger charge is 2.44. The first-order valence-corrected chi connectivity index (χ1v) is 7.77. The van der Waals surface area contributed by atoms with Crippen molar-refractivity contribution in [2.45, 2.75) is 44.3 Å². The second kappa shape index (κ2) is 6.52. The van der Waals surface area contributed by atoms with Crippen LogP contribution in [0.4, 0.5) is 5.82 Å². The Balaban J connectivity index is 2.03. The van der Waals surface area contributed by atoms with Gasteiger partial charge in [0.15, 0.2) is 12.0 Å². The Morgan fingerprint density at radius 3 is 2.60 bits per heavy atom. The largest absolute Gasteiger partial charge is 0.394 e. The zero-order valence-corrected chi connectivity index (χ0v) is 13.7. The van der Waals surface area contributed by atoms with Crippen LogP contribution in [0.25, 0.3) is 5.69 Å². The highest BCUT2D eigenvalue weighted by atomic mass is 16.6. The van der Waals surface area contributed by atoms with Crippen LogP contribution in [0, 0.1) is 0 Å². The number of nitrogens with zero attached hydrogens (tertiary/aromatic N) is 5. The Labute approximate surface area is 142 Å². The van der Waals surface area contributed by atoms with E-state index in [9.17, 15) is 20.1 Å². The average molecular weight is 352 g/mol. The standard InChI is InChI=1S/C14H20N6O5/c1-6(2)7-3-20(18-17-7)8-4-19(14(24)16-12(8)15)13-11(23)10(22)9(5-21)25-13/h3-4,6,9-11,13,21-23H,5H2,1-2H3,(H2,15,16,24)/t9-,10?,11?,13-/m1/s1. The fourth-order valence-electron chi connectivity index (χ4n) is 2.60. The van der Waals surface area contributed by atoms with E-state index >= 15 is 0 Å². The number of hydrogen-bond donors (Lipinski definition) is 4. The minimum Gasteiger partial charge on any atom is -0.394 e. The van der Waals surface area contributed by atoms with E-state index in [0.717, 1.165) is 10.3 Å². The molecule has 136 valence electrons. The Morgan fingerprint density at radius 2 is 2.04 bits per heavy atom. The van der Waals surface area contributed by atoms with Crippen LogP contribution in [0.1, 0.15) is 31.7 Å². The van der Waals surface area contributed by atoms with E-state index in [-0.39, 0.29) is 17.4 Å². The van der Waals surface area contributed by atoms with Crippen LogP contribution in [0.5, 0.6) is 0 Å². The second-order valence-corrected chi connectivity index (χ2v) is 6.17. The molecule has 2 unspecified atom stereocenters. The van der Waals surface area contributed by atoms with Crippen LogP contribution in [0.2, 0.25) is 0 Å². The smallest absolute Gasteiger partial charge is 0.351 e. The molecular formula is C14H20N6O5. The van der Waals surface area contributed by atoms with Crippen LogP contribution >= 0.6 is 0 Å². The van der Waals surface area contributed by atoms with E-state index in [1.807, 2.05) is 13.8 Å². The van der Waals surface area contributed by atoms with E-state index in [1.165, 1.54) is 10.9 Å². The van der Waals surface area contributed by atoms with Crippen molar-refractivity contribution in [1.29, 1.82) is 0 Å². The van der Waals surface area contributed by atoms with Crippen LogP contribution in [0.3, 0.4) is 0 Å². The molecule has 1 fully saturated rings. The van der Waals surface area contributed by atoms with E-state index in [1.54, 1.807) is 6.20 Å². The van der Waals surface area contributed by atoms with Gasteiger partial charge in [0, 0.05) is 6.20 Å². The molecule has 1 saturated heterocycles. The molecular weight excluding hydrogens is 332 g/mol. The van der Waals surface area contributed by atoms with Crippen molar-refractivity contribution in [3.05, 3.63) is 28.6 Å². The summed E-state index contributed by atoms with van der Waals surface area (Å²) in [6.45, 7) is 3.41. The van der Waals surface area contributed by atoms with Crippen LogP contribution in [-0.4, -0.2) is 64.8 Å². The molecule has 2 aromatic rings. The van der Waals surface area contributed by atoms with E-state index in [0.29, 0.717) is 0 Å². The number of aliphatic hydroxyl groups is 3. The number of nitrogens with two attached hydrogens (primary N) is 1.